The van der Waals surface area contributed by atoms with Gasteiger partial charge in [-0.2, -0.15) is 0 Å². The van der Waals surface area contributed by atoms with Crippen molar-refractivity contribution >= 4 is 11.5 Å². The Kier molecular flexibility index (Phi) is 1.56. The molecule has 2 heterocycles. The van der Waals surface area contributed by atoms with Crippen molar-refractivity contribution in [3.05, 3.63) is 0 Å². The summed E-state index contributed by atoms with van der Waals surface area (Å²) >= 11 is 0. The molecule has 1 aromatic rings. The molecule has 0 radical (unpaired) electrons. The molecule has 0 spiro atoms. The fourth-order valence-corrected chi connectivity index (χ4v) is 1.39. The minimum Gasteiger partial charge on any atom is -0.478 e. The number of fused-ring (bicyclic) bond motifs is 1. The van der Waals surface area contributed by atoms with Crippen LogP contribution in [0.3, 0.4) is 0 Å². The zero-order valence-corrected chi connectivity index (χ0v) is 7.00. The van der Waals surface area contributed by atoms with Gasteiger partial charge in [-0.15, -0.1) is 5.10 Å². The fraction of sp³-hybridized carbons (Fsp3) is 0.571. The predicted molar refractivity (Wildman–Crippen MR) is 46.3 cm³/mol. The molecular weight excluding hydrogens is 156 g/mol. The molecule has 66 valence electrons. The number of aryl methyl sites for hydroxylation is 1. The van der Waals surface area contributed by atoms with Gasteiger partial charge in [0.2, 0.25) is 0 Å². The summed E-state index contributed by atoms with van der Waals surface area (Å²) in [6, 6.07) is 0. The van der Waals surface area contributed by atoms with Crippen LogP contribution in [0.5, 0.6) is 5.88 Å². The molecule has 0 aromatic carbocycles. The van der Waals surface area contributed by atoms with Crippen LogP contribution in [0, 0.1) is 0 Å². The largest absolute Gasteiger partial charge is 0.478 e. The SMILES string of the molecule is COc1nn2c(c1N)NCCC2. The molecule has 0 aliphatic carbocycles. The quantitative estimate of drug-likeness (QED) is 0.632. The van der Waals surface area contributed by atoms with E-state index in [1.165, 1.54) is 0 Å². The van der Waals surface area contributed by atoms with Gasteiger partial charge in [0.25, 0.3) is 5.88 Å². The zero-order valence-electron chi connectivity index (χ0n) is 7.00. The van der Waals surface area contributed by atoms with E-state index in [1.807, 2.05) is 4.68 Å². The Morgan fingerprint density at radius 1 is 1.67 bits per heavy atom. The molecule has 1 aliphatic heterocycles. The van der Waals surface area contributed by atoms with Crippen molar-refractivity contribution in [3.8, 4) is 5.88 Å². The Balaban J connectivity index is 2.44. The van der Waals surface area contributed by atoms with Crippen LogP contribution in [0.15, 0.2) is 0 Å². The number of ether oxygens (including phenoxy) is 1. The smallest absolute Gasteiger partial charge is 0.258 e. The Morgan fingerprint density at radius 3 is 3.17 bits per heavy atom. The Morgan fingerprint density at radius 2 is 2.50 bits per heavy atom. The van der Waals surface area contributed by atoms with Crippen LogP contribution < -0.4 is 15.8 Å². The van der Waals surface area contributed by atoms with Gasteiger partial charge in [-0.25, -0.2) is 4.68 Å². The van der Waals surface area contributed by atoms with Crippen LogP contribution in [-0.4, -0.2) is 23.4 Å². The molecular formula is C7H12N4O. The van der Waals surface area contributed by atoms with Gasteiger partial charge in [0.1, 0.15) is 5.69 Å². The highest BCUT2D eigenvalue weighted by molar-refractivity contribution is 5.68. The Labute approximate surface area is 70.5 Å². The number of hydrogen-bond acceptors (Lipinski definition) is 4. The lowest BCUT2D eigenvalue weighted by atomic mass is 10.3. The molecule has 1 aromatic heterocycles. The summed E-state index contributed by atoms with van der Waals surface area (Å²) in [5.41, 5.74) is 6.37. The summed E-state index contributed by atoms with van der Waals surface area (Å²) in [6.45, 7) is 1.87. The van der Waals surface area contributed by atoms with E-state index in [4.69, 9.17) is 10.5 Å². The second-order valence-corrected chi connectivity index (χ2v) is 2.78. The predicted octanol–water partition coefficient (Wildman–Crippen LogP) is 0.289. The number of rotatable bonds is 1. The van der Waals surface area contributed by atoms with Crippen molar-refractivity contribution in [2.45, 2.75) is 13.0 Å². The molecule has 5 nitrogen and oxygen atoms in total. The summed E-state index contributed by atoms with van der Waals surface area (Å²) in [6.07, 6.45) is 1.08. The number of methoxy groups -OCH3 is 1. The highest BCUT2D eigenvalue weighted by Gasteiger charge is 2.17. The zero-order chi connectivity index (χ0) is 8.55. The molecule has 0 fully saturated rings. The van der Waals surface area contributed by atoms with Crippen LogP contribution in [0.25, 0.3) is 0 Å². The van der Waals surface area contributed by atoms with Gasteiger partial charge in [0.05, 0.1) is 7.11 Å². The highest BCUT2D eigenvalue weighted by atomic mass is 16.5. The van der Waals surface area contributed by atoms with Gasteiger partial charge >= 0.3 is 0 Å². The normalized spacial score (nSPS) is 15.1. The average Bonchev–Trinajstić information content (AvgIpc) is 2.44. The van der Waals surface area contributed by atoms with Crippen LogP contribution in [0.1, 0.15) is 6.42 Å². The molecule has 1 aliphatic rings. The second kappa shape index (κ2) is 2.58. The third-order valence-electron chi connectivity index (χ3n) is 1.99. The van der Waals surface area contributed by atoms with Crippen LogP contribution in [0.2, 0.25) is 0 Å². The van der Waals surface area contributed by atoms with E-state index in [1.54, 1.807) is 7.11 Å². The maximum atomic E-state index is 5.76. The third-order valence-corrected chi connectivity index (χ3v) is 1.99. The minimum absolute atomic E-state index is 0.513. The number of nitrogens with two attached hydrogens (primary N) is 1. The molecule has 0 atom stereocenters. The van der Waals surface area contributed by atoms with E-state index in [2.05, 4.69) is 10.4 Å². The van der Waals surface area contributed by atoms with E-state index in [0.717, 1.165) is 25.3 Å². The molecule has 5 heteroatoms. The Bertz CT molecular complexity index is 294. The molecule has 0 amide bonds. The molecule has 0 bridgehead atoms. The number of hydrogen-bond donors (Lipinski definition) is 2. The lowest BCUT2D eigenvalue weighted by molar-refractivity contribution is 0.388. The van der Waals surface area contributed by atoms with E-state index < -0.39 is 0 Å². The number of anilines is 2. The maximum absolute atomic E-state index is 5.76. The summed E-state index contributed by atoms with van der Waals surface area (Å²) in [5.74, 6) is 1.40. The van der Waals surface area contributed by atoms with Crippen molar-refractivity contribution in [1.29, 1.82) is 0 Å². The molecule has 0 saturated heterocycles. The fourth-order valence-electron chi connectivity index (χ4n) is 1.39. The number of nitrogens with one attached hydrogen (secondary N) is 1. The monoisotopic (exact) mass is 168 g/mol. The van der Waals surface area contributed by atoms with Gasteiger partial charge in [0, 0.05) is 13.1 Å². The molecule has 0 unspecified atom stereocenters. The Hall–Kier alpha value is -1.39. The summed E-state index contributed by atoms with van der Waals surface area (Å²) in [5, 5.41) is 7.36. The standard InChI is InChI=1S/C7H12N4O/c1-12-7-5(8)6-9-3-2-4-11(6)10-7/h9H,2-4,8H2,1H3. The van der Waals surface area contributed by atoms with Gasteiger partial charge < -0.3 is 15.8 Å². The number of nitrogen functional groups attached to an aromatic ring is 1. The number of aromatic nitrogens is 2. The summed E-state index contributed by atoms with van der Waals surface area (Å²) < 4.78 is 6.85. The third kappa shape index (κ3) is 0.895. The van der Waals surface area contributed by atoms with Gasteiger partial charge in [-0.3, -0.25) is 0 Å². The summed E-state index contributed by atoms with van der Waals surface area (Å²) in [4.78, 5) is 0. The van der Waals surface area contributed by atoms with Gasteiger partial charge in [-0.1, -0.05) is 0 Å². The topological polar surface area (TPSA) is 65.1 Å². The van der Waals surface area contributed by atoms with Crippen molar-refractivity contribution in [2.24, 2.45) is 0 Å². The summed E-state index contributed by atoms with van der Waals surface area (Å²) in [7, 11) is 1.57. The van der Waals surface area contributed by atoms with Crippen molar-refractivity contribution < 1.29 is 4.74 Å². The van der Waals surface area contributed by atoms with Crippen molar-refractivity contribution in [2.75, 3.05) is 24.7 Å². The van der Waals surface area contributed by atoms with Crippen LogP contribution in [0.4, 0.5) is 11.5 Å². The van der Waals surface area contributed by atoms with E-state index in [-0.39, 0.29) is 0 Å². The van der Waals surface area contributed by atoms with Crippen molar-refractivity contribution in [1.82, 2.24) is 9.78 Å². The maximum Gasteiger partial charge on any atom is 0.258 e. The second-order valence-electron chi connectivity index (χ2n) is 2.78. The molecule has 12 heavy (non-hydrogen) atoms. The number of nitrogens with zero attached hydrogens (tertiary/aromatic N) is 2. The first-order valence-corrected chi connectivity index (χ1v) is 3.97. The van der Waals surface area contributed by atoms with Crippen LogP contribution >= 0.6 is 0 Å². The van der Waals surface area contributed by atoms with Crippen LogP contribution in [-0.2, 0) is 6.54 Å². The first-order valence-electron chi connectivity index (χ1n) is 3.97. The first-order chi connectivity index (χ1) is 5.83. The molecule has 0 saturated carbocycles. The van der Waals surface area contributed by atoms with Gasteiger partial charge in [0.15, 0.2) is 5.82 Å². The highest BCUT2D eigenvalue weighted by Crippen LogP contribution is 2.30. The van der Waals surface area contributed by atoms with E-state index in [9.17, 15) is 0 Å². The first kappa shape index (κ1) is 7.27. The average molecular weight is 168 g/mol. The lowest BCUT2D eigenvalue weighted by Gasteiger charge is -2.14. The molecule has 3 N–H and O–H groups in total. The van der Waals surface area contributed by atoms with E-state index >= 15 is 0 Å². The van der Waals surface area contributed by atoms with Crippen molar-refractivity contribution in [3.63, 3.8) is 0 Å². The van der Waals surface area contributed by atoms with Gasteiger partial charge in [-0.05, 0) is 6.42 Å². The van der Waals surface area contributed by atoms with E-state index in [0.29, 0.717) is 11.6 Å². The minimum atomic E-state index is 0.513. The molecule has 2 rings (SSSR count). The lowest BCUT2D eigenvalue weighted by Crippen LogP contribution is -2.18.